The van der Waals surface area contributed by atoms with Crippen molar-refractivity contribution in [2.75, 3.05) is 26.1 Å². The molecule has 0 aromatic heterocycles. The van der Waals surface area contributed by atoms with E-state index in [1.54, 1.807) is 12.1 Å². The minimum Gasteiger partial charge on any atom is -0.496 e. The number of sulfonamides is 1. The first kappa shape index (κ1) is 21.2. The maximum absolute atomic E-state index is 12.3. The van der Waals surface area contributed by atoms with Crippen molar-refractivity contribution in [2.24, 2.45) is 5.14 Å². The fraction of sp³-hybridized carbons (Fsp3) is 0.222. The lowest BCUT2D eigenvalue weighted by Crippen LogP contribution is -2.22. The Morgan fingerprint density at radius 1 is 1.04 bits per heavy atom. The van der Waals surface area contributed by atoms with Gasteiger partial charge in [-0.25, -0.2) is 18.4 Å². The summed E-state index contributed by atoms with van der Waals surface area (Å²) in [5, 5.41) is 7.65. The number of hydrogen-bond acceptors (Lipinski definition) is 7. The van der Waals surface area contributed by atoms with Crippen molar-refractivity contribution in [3.8, 4) is 11.5 Å². The van der Waals surface area contributed by atoms with E-state index in [1.807, 2.05) is 13.0 Å². The number of hydrogen-bond donors (Lipinski definition) is 2. The summed E-state index contributed by atoms with van der Waals surface area (Å²) in [6, 6.07) is 8.71. The van der Waals surface area contributed by atoms with Gasteiger partial charge in [0.2, 0.25) is 10.0 Å². The average Bonchev–Trinajstić information content (AvgIpc) is 2.65. The van der Waals surface area contributed by atoms with Crippen molar-refractivity contribution < 1.29 is 32.2 Å². The Kier molecular flexibility index (Phi) is 6.60. The van der Waals surface area contributed by atoms with Crippen molar-refractivity contribution in [3.63, 3.8) is 0 Å². The number of rotatable bonds is 7. The molecular weight excluding hydrogens is 388 g/mol. The first-order valence-electron chi connectivity index (χ1n) is 7.98. The van der Waals surface area contributed by atoms with Crippen LogP contribution in [0.25, 0.3) is 0 Å². The molecule has 0 unspecified atom stereocenters. The lowest BCUT2D eigenvalue weighted by Gasteiger charge is -2.12. The minimum atomic E-state index is -4.02. The van der Waals surface area contributed by atoms with E-state index in [0.29, 0.717) is 11.4 Å². The van der Waals surface area contributed by atoms with Crippen LogP contribution in [0.4, 0.5) is 5.69 Å². The molecule has 0 aliphatic rings. The van der Waals surface area contributed by atoms with Gasteiger partial charge < -0.3 is 19.5 Å². The molecule has 0 saturated carbocycles. The second-order valence-corrected chi connectivity index (χ2v) is 7.30. The summed E-state index contributed by atoms with van der Waals surface area (Å²) >= 11 is 0. The molecule has 10 heteroatoms. The normalized spacial score (nSPS) is 10.9. The smallest absolute Gasteiger partial charge is 0.342 e. The molecule has 9 nitrogen and oxygen atoms in total. The van der Waals surface area contributed by atoms with E-state index < -0.39 is 28.5 Å². The van der Waals surface area contributed by atoms with Gasteiger partial charge in [-0.3, -0.25) is 4.79 Å². The zero-order valence-corrected chi connectivity index (χ0v) is 16.3. The van der Waals surface area contributed by atoms with E-state index in [2.05, 4.69) is 5.32 Å². The predicted molar refractivity (Wildman–Crippen MR) is 101 cm³/mol. The lowest BCUT2D eigenvalue weighted by atomic mass is 10.2. The van der Waals surface area contributed by atoms with Crippen molar-refractivity contribution in [1.29, 1.82) is 0 Å². The number of anilines is 1. The van der Waals surface area contributed by atoms with E-state index >= 15 is 0 Å². The summed E-state index contributed by atoms with van der Waals surface area (Å²) in [4.78, 5) is 24.1. The molecule has 28 heavy (non-hydrogen) atoms. The monoisotopic (exact) mass is 408 g/mol. The van der Waals surface area contributed by atoms with Crippen LogP contribution in [0.15, 0.2) is 41.3 Å². The minimum absolute atomic E-state index is 0.0816. The Labute approximate surface area is 162 Å². The number of nitrogens with two attached hydrogens (primary N) is 1. The van der Waals surface area contributed by atoms with E-state index in [1.165, 1.54) is 26.4 Å². The molecule has 0 heterocycles. The van der Waals surface area contributed by atoms with E-state index in [0.717, 1.165) is 11.6 Å². The molecule has 0 saturated heterocycles. The van der Waals surface area contributed by atoms with Crippen molar-refractivity contribution in [1.82, 2.24) is 0 Å². The van der Waals surface area contributed by atoms with Crippen LogP contribution in [-0.4, -0.2) is 41.1 Å². The fourth-order valence-corrected chi connectivity index (χ4v) is 2.88. The zero-order valence-electron chi connectivity index (χ0n) is 15.5. The molecule has 0 fully saturated rings. The number of ether oxygens (including phenoxy) is 3. The summed E-state index contributed by atoms with van der Waals surface area (Å²) in [6.07, 6.45) is 0. The lowest BCUT2D eigenvalue weighted by molar-refractivity contribution is -0.119. The van der Waals surface area contributed by atoms with Gasteiger partial charge in [0.25, 0.3) is 5.91 Å². The Morgan fingerprint density at radius 3 is 2.29 bits per heavy atom. The van der Waals surface area contributed by atoms with Gasteiger partial charge in [-0.05, 0) is 42.8 Å². The molecule has 150 valence electrons. The third kappa shape index (κ3) is 5.21. The highest BCUT2D eigenvalue weighted by molar-refractivity contribution is 7.89. The highest BCUT2D eigenvalue weighted by Gasteiger charge is 2.19. The molecule has 0 spiro atoms. The van der Waals surface area contributed by atoms with Gasteiger partial charge in [0.15, 0.2) is 6.61 Å². The highest BCUT2D eigenvalue weighted by atomic mass is 32.2. The molecule has 2 aromatic carbocycles. The second kappa shape index (κ2) is 8.72. The number of carbonyl (C=O) groups is 2. The number of esters is 1. The maximum Gasteiger partial charge on any atom is 0.342 e. The van der Waals surface area contributed by atoms with Crippen molar-refractivity contribution in [2.45, 2.75) is 11.8 Å². The summed E-state index contributed by atoms with van der Waals surface area (Å²) in [5.74, 6) is -1.00. The van der Waals surface area contributed by atoms with Gasteiger partial charge in [0, 0.05) is 0 Å². The molecule has 1 amide bonds. The van der Waals surface area contributed by atoms with Crippen LogP contribution in [0.1, 0.15) is 15.9 Å². The molecule has 3 N–H and O–H groups in total. The number of primary sulfonamides is 1. The van der Waals surface area contributed by atoms with Crippen LogP contribution in [0, 0.1) is 6.92 Å². The number of methoxy groups -OCH3 is 2. The van der Waals surface area contributed by atoms with Crippen LogP contribution < -0.4 is 19.9 Å². The second-order valence-electron chi connectivity index (χ2n) is 5.74. The highest BCUT2D eigenvalue weighted by Crippen LogP contribution is 2.25. The van der Waals surface area contributed by atoms with Crippen molar-refractivity contribution >= 4 is 27.6 Å². The maximum atomic E-state index is 12.3. The SMILES string of the molecule is COc1ccc(C)cc1NC(=O)COC(=O)c1cc(S(N)(=O)=O)ccc1OC. The van der Waals surface area contributed by atoms with Crippen LogP contribution in [0.3, 0.4) is 0 Å². The van der Waals surface area contributed by atoms with Gasteiger partial charge in [-0.2, -0.15) is 0 Å². The summed E-state index contributed by atoms with van der Waals surface area (Å²) in [6.45, 7) is 1.25. The summed E-state index contributed by atoms with van der Waals surface area (Å²) in [7, 11) is -1.26. The number of amides is 1. The molecule has 0 bridgehead atoms. The quantitative estimate of drug-likeness (QED) is 0.662. The molecule has 0 atom stereocenters. The van der Waals surface area contributed by atoms with Crippen LogP contribution in [0.2, 0.25) is 0 Å². The van der Waals surface area contributed by atoms with Gasteiger partial charge in [0.05, 0.1) is 24.8 Å². The molecule has 0 radical (unpaired) electrons. The molecule has 2 rings (SSSR count). The van der Waals surface area contributed by atoms with E-state index in [-0.39, 0.29) is 16.2 Å². The van der Waals surface area contributed by atoms with Gasteiger partial charge in [-0.1, -0.05) is 6.07 Å². The van der Waals surface area contributed by atoms with Crippen LogP contribution in [-0.2, 0) is 19.6 Å². The topological polar surface area (TPSA) is 134 Å². The molecule has 0 aliphatic heterocycles. The summed E-state index contributed by atoms with van der Waals surface area (Å²) < 4.78 is 38.1. The third-order valence-corrected chi connectivity index (χ3v) is 4.59. The van der Waals surface area contributed by atoms with Gasteiger partial charge >= 0.3 is 5.97 Å². The van der Waals surface area contributed by atoms with Gasteiger partial charge in [0.1, 0.15) is 17.1 Å². The van der Waals surface area contributed by atoms with Crippen LogP contribution in [0.5, 0.6) is 11.5 Å². The number of nitrogens with one attached hydrogen (secondary N) is 1. The fourth-order valence-electron chi connectivity index (χ4n) is 2.34. The molecule has 0 aliphatic carbocycles. The molecule has 2 aromatic rings. The van der Waals surface area contributed by atoms with Crippen LogP contribution >= 0.6 is 0 Å². The largest absolute Gasteiger partial charge is 0.496 e. The Bertz CT molecular complexity index is 1000. The van der Waals surface area contributed by atoms with Crippen molar-refractivity contribution in [3.05, 3.63) is 47.5 Å². The first-order valence-corrected chi connectivity index (χ1v) is 9.52. The summed E-state index contributed by atoms with van der Waals surface area (Å²) in [5.41, 5.74) is 1.16. The Morgan fingerprint density at radius 2 is 1.68 bits per heavy atom. The van der Waals surface area contributed by atoms with E-state index in [4.69, 9.17) is 19.3 Å². The van der Waals surface area contributed by atoms with E-state index in [9.17, 15) is 18.0 Å². The predicted octanol–water partition coefficient (Wildman–Crippen LogP) is 1.46. The van der Waals surface area contributed by atoms with Gasteiger partial charge in [-0.15, -0.1) is 0 Å². The average molecular weight is 408 g/mol. The number of carbonyl (C=O) groups excluding carboxylic acids is 2. The number of benzene rings is 2. The standard InChI is InChI=1S/C18H20N2O7S/c1-11-4-6-16(26-3)14(8-11)20-17(21)10-27-18(22)13-9-12(28(19,23)24)5-7-15(13)25-2/h4-9H,10H2,1-3H3,(H,20,21)(H2,19,23,24). The number of aryl methyl sites for hydroxylation is 1. The first-order chi connectivity index (χ1) is 13.2. The Balaban J connectivity index is 2.12. The molecular formula is C18H20N2O7S. The Hall–Kier alpha value is -3.11. The third-order valence-electron chi connectivity index (χ3n) is 3.68. The zero-order chi connectivity index (χ0) is 20.9.